The standard InChI is InChI=1S/C19H24F2O5S/c1-15(2)17(22)25-14-13-19(20,21)27(23,24)26-18(11-7-4-8-12-18)16-9-5-3-6-10-16/h3,5-6,9-10H,1,4,7-8,11-14H2,2H3. The first-order chi connectivity index (χ1) is 12.6. The van der Waals surface area contributed by atoms with E-state index in [1.807, 2.05) is 0 Å². The number of halogens is 2. The van der Waals surface area contributed by atoms with Gasteiger partial charge in [-0.25, -0.2) is 4.79 Å². The Labute approximate surface area is 158 Å². The number of esters is 1. The number of alkyl halides is 2. The number of hydrogen-bond donors (Lipinski definition) is 0. The third-order valence-electron chi connectivity index (χ3n) is 4.57. The van der Waals surface area contributed by atoms with E-state index in [0.717, 1.165) is 6.42 Å². The van der Waals surface area contributed by atoms with E-state index in [4.69, 9.17) is 4.18 Å². The lowest BCUT2D eigenvalue weighted by atomic mass is 9.80. The van der Waals surface area contributed by atoms with Crippen LogP contribution < -0.4 is 0 Å². The van der Waals surface area contributed by atoms with Crippen molar-refractivity contribution in [3.05, 3.63) is 48.0 Å². The maximum absolute atomic E-state index is 14.4. The zero-order valence-corrected chi connectivity index (χ0v) is 16.1. The van der Waals surface area contributed by atoms with Crippen molar-refractivity contribution in [2.75, 3.05) is 6.61 Å². The van der Waals surface area contributed by atoms with Crippen LogP contribution >= 0.6 is 0 Å². The third-order valence-corrected chi connectivity index (χ3v) is 6.04. The van der Waals surface area contributed by atoms with Gasteiger partial charge in [-0.2, -0.15) is 17.2 Å². The maximum Gasteiger partial charge on any atom is 0.373 e. The summed E-state index contributed by atoms with van der Waals surface area (Å²) in [6.45, 7) is 3.95. The molecule has 0 bridgehead atoms. The highest BCUT2D eigenvalue weighted by Crippen LogP contribution is 2.44. The van der Waals surface area contributed by atoms with E-state index >= 15 is 0 Å². The Kier molecular flexibility index (Phi) is 6.75. The van der Waals surface area contributed by atoms with Crippen LogP contribution in [-0.2, 0) is 29.4 Å². The predicted octanol–water partition coefficient (Wildman–Crippen LogP) is 4.29. The minimum Gasteiger partial charge on any atom is -0.462 e. The molecule has 0 atom stereocenters. The fraction of sp³-hybridized carbons (Fsp3) is 0.526. The number of carbonyl (C=O) groups excluding carboxylic acids is 1. The molecule has 1 aliphatic carbocycles. The molecule has 1 aromatic carbocycles. The molecule has 27 heavy (non-hydrogen) atoms. The Morgan fingerprint density at radius 3 is 2.33 bits per heavy atom. The van der Waals surface area contributed by atoms with Gasteiger partial charge in [0.15, 0.2) is 0 Å². The molecule has 1 saturated carbocycles. The number of benzene rings is 1. The van der Waals surface area contributed by atoms with E-state index < -0.39 is 40.0 Å². The van der Waals surface area contributed by atoms with Gasteiger partial charge < -0.3 is 4.74 Å². The average molecular weight is 402 g/mol. The molecule has 2 rings (SSSR count). The van der Waals surface area contributed by atoms with E-state index in [0.29, 0.717) is 31.2 Å². The van der Waals surface area contributed by atoms with Gasteiger partial charge in [-0.05, 0) is 25.3 Å². The highest BCUT2D eigenvalue weighted by atomic mass is 32.2. The zero-order valence-electron chi connectivity index (χ0n) is 15.2. The molecule has 0 aromatic heterocycles. The highest BCUT2D eigenvalue weighted by Gasteiger charge is 2.51. The van der Waals surface area contributed by atoms with E-state index in [1.54, 1.807) is 30.3 Å². The monoisotopic (exact) mass is 402 g/mol. The van der Waals surface area contributed by atoms with Crippen molar-refractivity contribution in [3.8, 4) is 0 Å². The molecule has 0 spiro atoms. The van der Waals surface area contributed by atoms with Crippen LogP contribution in [0.15, 0.2) is 42.5 Å². The van der Waals surface area contributed by atoms with Gasteiger partial charge >= 0.3 is 21.3 Å². The van der Waals surface area contributed by atoms with Crippen molar-refractivity contribution in [3.63, 3.8) is 0 Å². The molecule has 1 aliphatic rings. The third kappa shape index (κ3) is 5.13. The van der Waals surface area contributed by atoms with E-state index in [9.17, 15) is 22.0 Å². The van der Waals surface area contributed by atoms with E-state index in [2.05, 4.69) is 11.3 Å². The van der Waals surface area contributed by atoms with Crippen LogP contribution in [0.5, 0.6) is 0 Å². The lowest BCUT2D eigenvalue weighted by Crippen LogP contribution is -2.41. The predicted molar refractivity (Wildman–Crippen MR) is 96.5 cm³/mol. The van der Waals surface area contributed by atoms with Crippen molar-refractivity contribution in [2.24, 2.45) is 0 Å². The molecule has 0 aliphatic heterocycles. The molecular weight excluding hydrogens is 378 g/mol. The van der Waals surface area contributed by atoms with Crippen LogP contribution in [0.4, 0.5) is 8.78 Å². The summed E-state index contributed by atoms with van der Waals surface area (Å²) in [7, 11) is -5.23. The molecule has 0 unspecified atom stereocenters. The first-order valence-corrected chi connectivity index (χ1v) is 10.2. The van der Waals surface area contributed by atoms with Crippen LogP contribution in [0.1, 0.15) is 51.0 Å². The van der Waals surface area contributed by atoms with Crippen molar-refractivity contribution < 1.29 is 30.9 Å². The van der Waals surface area contributed by atoms with Crippen LogP contribution in [0, 0.1) is 0 Å². The molecule has 1 fully saturated rings. The molecule has 0 N–H and O–H groups in total. The molecule has 0 amide bonds. The van der Waals surface area contributed by atoms with Gasteiger partial charge in [0.25, 0.3) is 0 Å². The number of ether oxygens (including phenoxy) is 1. The largest absolute Gasteiger partial charge is 0.462 e. The van der Waals surface area contributed by atoms with Gasteiger partial charge in [0.2, 0.25) is 0 Å². The summed E-state index contributed by atoms with van der Waals surface area (Å²) >= 11 is 0. The van der Waals surface area contributed by atoms with Gasteiger partial charge in [-0.1, -0.05) is 56.2 Å². The summed E-state index contributed by atoms with van der Waals surface area (Å²) in [4.78, 5) is 11.3. The molecule has 5 nitrogen and oxygen atoms in total. The Morgan fingerprint density at radius 1 is 1.19 bits per heavy atom. The van der Waals surface area contributed by atoms with E-state index in [-0.39, 0.29) is 5.57 Å². The molecule has 0 saturated heterocycles. The topological polar surface area (TPSA) is 69.7 Å². The zero-order chi connectivity index (χ0) is 20.1. The summed E-state index contributed by atoms with van der Waals surface area (Å²) in [5, 5.41) is -4.18. The average Bonchev–Trinajstić information content (AvgIpc) is 2.62. The van der Waals surface area contributed by atoms with Gasteiger partial charge in [0.05, 0.1) is 13.0 Å². The summed E-state index contributed by atoms with van der Waals surface area (Å²) < 4.78 is 63.3. The SMILES string of the molecule is C=C(C)C(=O)OCCC(F)(F)S(=O)(=O)OC1(c2ccccc2)CCCCC1. The van der Waals surface area contributed by atoms with Gasteiger partial charge in [-0.15, -0.1) is 0 Å². The van der Waals surface area contributed by atoms with Crippen LogP contribution in [0.25, 0.3) is 0 Å². The molecule has 0 heterocycles. The van der Waals surface area contributed by atoms with Crippen molar-refractivity contribution >= 4 is 16.1 Å². The van der Waals surface area contributed by atoms with Crippen molar-refractivity contribution in [1.29, 1.82) is 0 Å². The fourth-order valence-electron chi connectivity index (χ4n) is 3.07. The molecule has 150 valence electrons. The lowest BCUT2D eigenvalue weighted by molar-refractivity contribution is -0.140. The summed E-state index contributed by atoms with van der Waals surface area (Å²) in [6, 6.07) is 8.58. The van der Waals surface area contributed by atoms with Crippen LogP contribution in [-0.4, -0.2) is 26.2 Å². The summed E-state index contributed by atoms with van der Waals surface area (Å²) in [6.07, 6.45) is 1.77. The summed E-state index contributed by atoms with van der Waals surface area (Å²) in [5.74, 6) is -0.850. The van der Waals surface area contributed by atoms with Gasteiger partial charge in [-0.3, -0.25) is 4.18 Å². The first kappa shape index (κ1) is 21.5. The lowest BCUT2D eigenvalue weighted by Gasteiger charge is -2.37. The molecule has 8 heteroatoms. The highest BCUT2D eigenvalue weighted by molar-refractivity contribution is 7.87. The summed E-state index contributed by atoms with van der Waals surface area (Å²) in [5.41, 5.74) is -0.684. The maximum atomic E-state index is 14.4. The first-order valence-electron chi connectivity index (χ1n) is 8.81. The number of rotatable bonds is 8. The Morgan fingerprint density at radius 2 is 1.78 bits per heavy atom. The van der Waals surface area contributed by atoms with Crippen molar-refractivity contribution in [2.45, 2.75) is 56.3 Å². The second-order valence-electron chi connectivity index (χ2n) is 6.76. The quantitative estimate of drug-likeness (QED) is 0.368. The number of carbonyl (C=O) groups is 1. The molecular formula is C19H24F2O5S. The van der Waals surface area contributed by atoms with E-state index in [1.165, 1.54) is 6.92 Å². The molecule has 0 radical (unpaired) electrons. The Balaban J connectivity index is 2.17. The fourth-order valence-corrected chi connectivity index (χ4v) is 4.20. The minimum absolute atomic E-state index is 0.0441. The normalized spacial score (nSPS) is 17.3. The second-order valence-corrected chi connectivity index (χ2v) is 8.43. The second kappa shape index (κ2) is 8.48. The smallest absolute Gasteiger partial charge is 0.373 e. The van der Waals surface area contributed by atoms with Crippen LogP contribution in [0.2, 0.25) is 0 Å². The minimum atomic E-state index is -5.23. The van der Waals surface area contributed by atoms with Crippen molar-refractivity contribution in [1.82, 2.24) is 0 Å². The molecule has 1 aromatic rings. The van der Waals surface area contributed by atoms with Gasteiger partial charge in [0, 0.05) is 5.57 Å². The Hall–Kier alpha value is -1.80. The van der Waals surface area contributed by atoms with Gasteiger partial charge in [0.1, 0.15) is 5.60 Å². The number of hydrogen-bond acceptors (Lipinski definition) is 5. The van der Waals surface area contributed by atoms with Crippen LogP contribution in [0.3, 0.4) is 0 Å². The Bertz CT molecular complexity index is 769.